The molecule has 3 rings (SSSR count). The van der Waals surface area contributed by atoms with Gasteiger partial charge in [-0.15, -0.1) is 0 Å². The zero-order valence-corrected chi connectivity index (χ0v) is 13.2. The molecule has 0 unspecified atom stereocenters. The third-order valence-electron chi connectivity index (χ3n) is 4.15. The molecule has 21 heavy (non-hydrogen) atoms. The van der Waals surface area contributed by atoms with E-state index in [0.717, 1.165) is 38.3 Å². The number of hydrogen-bond acceptors (Lipinski definition) is 3. The number of hydrogen-bond donors (Lipinski definition) is 2. The first-order valence-corrected chi connectivity index (χ1v) is 9.44. The number of benzene rings is 1. The standard InChI is InChI=1S/C16H24N2O2S/c19-21(20,18-12-14-3-4-14)16-9-5-13(6-10-16)2-1-11-17-15-7-8-15/h5-6,9-10,14-15,17-18H,1-4,7-8,11-12H2. The average Bonchev–Trinajstić information content (AvgIpc) is 3.37. The molecular formula is C16H24N2O2S. The summed E-state index contributed by atoms with van der Waals surface area (Å²) in [5.41, 5.74) is 1.20. The Morgan fingerprint density at radius 3 is 2.38 bits per heavy atom. The minimum atomic E-state index is -3.32. The molecule has 0 aromatic heterocycles. The van der Waals surface area contributed by atoms with Crippen LogP contribution in [0.4, 0.5) is 0 Å². The normalized spacial score (nSPS) is 18.9. The van der Waals surface area contributed by atoms with E-state index < -0.39 is 10.0 Å². The van der Waals surface area contributed by atoms with Gasteiger partial charge >= 0.3 is 0 Å². The Morgan fingerprint density at radius 1 is 1.05 bits per heavy atom. The first-order valence-electron chi connectivity index (χ1n) is 7.95. The van der Waals surface area contributed by atoms with Crippen LogP contribution in [-0.2, 0) is 16.4 Å². The summed E-state index contributed by atoms with van der Waals surface area (Å²) in [5.74, 6) is 0.554. The van der Waals surface area contributed by atoms with Crippen LogP contribution in [0.1, 0.15) is 37.7 Å². The molecule has 0 spiro atoms. The molecule has 2 fully saturated rings. The van der Waals surface area contributed by atoms with E-state index in [9.17, 15) is 8.42 Å². The van der Waals surface area contributed by atoms with Crippen molar-refractivity contribution >= 4 is 10.0 Å². The summed E-state index contributed by atoms with van der Waals surface area (Å²) in [6.45, 7) is 1.63. The zero-order chi connectivity index (χ0) is 14.7. The summed E-state index contributed by atoms with van der Waals surface area (Å²) in [6, 6.07) is 8.07. The number of aryl methyl sites for hydroxylation is 1. The molecule has 1 aromatic rings. The fourth-order valence-electron chi connectivity index (χ4n) is 2.35. The summed E-state index contributed by atoms with van der Waals surface area (Å²) in [4.78, 5) is 0.378. The van der Waals surface area contributed by atoms with E-state index in [1.165, 1.54) is 18.4 Å². The molecule has 2 N–H and O–H groups in total. The molecule has 0 bridgehead atoms. The fourth-order valence-corrected chi connectivity index (χ4v) is 3.47. The van der Waals surface area contributed by atoms with Gasteiger partial charge in [-0.25, -0.2) is 13.1 Å². The predicted molar refractivity (Wildman–Crippen MR) is 83.7 cm³/mol. The molecule has 0 aliphatic heterocycles. The van der Waals surface area contributed by atoms with Crippen LogP contribution in [0, 0.1) is 5.92 Å². The lowest BCUT2D eigenvalue weighted by Crippen LogP contribution is -2.25. The lowest BCUT2D eigenvalue weighted by molar-refractivity contribution is 0.577. The minimum absolute atomic E-state index is 0.378. The van der Waals surface area contributed by atoms with Crippen molar-refractivity contribution in [3.05, 3.63) is 29.8 Å². The zero-order valence-electron chi connectivity index (χ0n) is 12.3. The van der Waals surface area contributed by atoms with E-state index in [0.29, 0.717) is 17.4 Å². The van der Waals surface area contributed by atoms with E-state index in [4.69, 9.17) is 0 Å². The third-order valence-corrected chi connectivity index (χ3v) is 5.58. The molecule has 0 amide bonds. The van der Waals surface area contributed by atoms with Crippen LogP contribution in [0.5, 0.6) is 0 Å². The van der Waals surface area contributed by atoms with Crippen molar-refractivity contribution in [2.45, 2.75) is 49.5 Å². The lowest BCUT2D eigenvalue weighted by Gasteiger charge is -2.07. The summed E-state index contributed by atoms with van der Waals surface area (Å²) in [5, 5.41) is 3.49. The Balaban J connectivity index is 1.47. The summed E-state index contributed by atoms with van der Waals surface area (Å²) < 4.78 is 26.9. The van der Waals surface area contributed by atoms with Crippen molar-refractivity contribution in [1.82, 2.24) is 10.0 Å². The Hall–Kier alpha value is -0.910. The van der Waals surface area contributed by atoms with Crippen LogP contribution >= 0.6 is 0 Å². The Kier molecular flexibility index (Phi) is 4.62. The molecule has 1 aromatic carbocycles. The van der Waals surface area contributed by atoms with Crippen LogP contribution in [-0.4, -0.2) is 27.5 Å². The SMILES string of the molecule is O=S(=O)(NCC1CC1)c1ccc(CCCNC2CC2)cc1. The van der Waals surface area contributed by atoms with Crippen molar-refractivity contribution in [3.8, 4) is 0 Å². The van der Waals surface area contributed by atoms with Crippen LogP contribution in [0.25, 0.3) is 0 Å². The van der Waals surface area contributed by atoms with Gasteiger partial charge in [-0.2, -0.15) is 0 Å². The smallest absolute Gasteiger partial charge is 0.240 e. The summed E-state index contributed by atoms with van der Waals surface area (Å²) in [7, 11) is -3.32. The molecule has 116 valence electrons. The maximum Gasteiger partial charge on any atom is 0.240 e. The van der Waals surface area contributed by atoms with Crippen LogP contribution in [0.15, 0.2) is 29.2 Å². The molecule has 0 radical (unpaired) electrons. The highest BCUT2D eigenvalue weighted by Gasteiger charge is 2.24. The van der Waals surface area contributed by atoms with Gasteiger partial charge in [-0.1, -0.05) is 12.1 Å². The first-order chi connectivity index (χ1) is 10.1. The van der Waals surface area contributed by atoms with Crippen molar-refractivity contribution in [3.63, 3.8) is 0 Å². The van der Waals surface area contributed by atoms with E-state index in [-0.39, 0.29) is 0 Å². The molecule has 2 saturated carbocycles. The quantitative estimate of drug-likeness (QED) is 0.687. The van der Waals surface area contributed by atoms with Crippen LogP contribution in [0.2, 0.25) is 0 Å². The highest BCUT2D eigenvalue weighted by Crippen LogP contribution is 2.28. The van der Waals surface area contributed by atoms with E-state index in [2.05, 4.69) is 10.0 Å². The van der Waals surface area contributed by atoms with E-state index in [1.54, 1.807) is 12.1 Å². The highest BCUT2D eigenvalue weighted by molar-refractivity contribution is 7.89. The maximum atomic E-state index is 12.1. The average molecular weight is 308 g/mol. The minimum Gasteiger partial charge on any atom is -0.314 e. The predicted octanol–water partition coefficient (Wildman–Crippen LogP) is 2.06. The van der Waals surface area contributed by atoms with Gasteiger partial charge in [0.2, 0.25) is 10.0 Å². The maximum absolute atomic E-state index is 12.1. The van der Waals surface area contributed by atoms with Crippen LogP contribution < -0.4 is 10.0 Å². The van der Waals surface area contributed by atoms with Crippen molar-refractivity contribution in [1.29, 1.82) is 0 Å². The second-order valence-electron chi connectivity index (χ2n) is 6.27. The largest absolute Gasteiger partial charge is 0.314 e. The monoisotopic (exact) mass is 308 g/mol. The van der Waals surface area contributed by atoms with E-state index >= 15 is 0 Å². The van der Waals surface area contributed by atoms with E-state index in [1.807, 2.05) is 12.1 Å². The van der Waals surface area contributed by atoms with Gasteiger partial charge in [0.15, 0.2) is 0 Å². The summed E-state index contributed by atoms with van der Waals surface area (Å²) >= 11 is 0. The molecule has 2 aliphatic carbocycles. The first kappa shape index (κ1) is 15.0. The molecule has 2 aliphatic rings. The van der Waals surface area contributed by atoms with Crippen molar-refractivity contribution in [2.75, 3.05) is 13.1 Å². The second-order valence-corrected chi connectivity index (χ2v) is 8.04. The summed E-state index contributed by atoms with van der Waals surface area (Å²) in [6.07, 6.45) is 7.03. The Morgan fingerprint density at radius 2 is 1.76 bits per heavy atom. The van der Waals surface area contributed by atoms with Gasteiger partial charge < -0.3 is 5.32 Å². The third kappa shape index (κ3) is 4.80. The molecule has 0 atom stereocenters. The Labute approximate surface area is 127 Å². The lowest BCUT2D eigenvalue weighted by atomic mass is 10.1. The van der Waals surface area contributed by atoms with Gasteiger partial charge in [0, 0.05) is 12.6 Å². The van der Waals surface area contributed by atoms with Gasteiger partial charge in [-0.3, -0.25) is 0 Å². The van der Waals surface area contributed by atoms with Gasteiger partial charge in [0.25, 0.3) is 0 Å². The number of nitrogens with one attached hydrogen (secondary N) is 2. The topological polar surface area (TPSA) is 58.2 Å². The fraction of sp³-hybridized carbons (Fsp3) is 0.625. The van der Waals surface area contributed by atoms with Crippen molar-refractivity contribution < 1.29 is 8.42 Å². The molecule has 4 nitrogen and oxygen atoms in total. The second kappa shape index (κ2) is 6.46. The van der Waals surface area contributed by atoms with Gasteiger partial charge in [0.05, 0.1) is 4.90 Å². The molecular weight excluding hydrogens is 284 g/mol. The number of rotatable bonds is 9. The van der Waals surface area contributed by atoms with Gasteiger partial charge in [-0.05, 0) is 68.7 Å². The number of sulfonamides is 1. The Bertz CT molecular complexity index is 560. The van der Waals surface area contributed by atoms with Crippen molar-refractivity contribution in [2.24, 2.45) is 5.92 Å². The molecule has 0 saturated heterocycles. The molecule has 5 heteroatoms. The highest BCUT2D eigenvalue weighted by atomic mass is 32.2. The van der Waals surface area contributed by atoms with Crippen LogP contribution in [0.3, 0.4) is 0 Å². The van der Waals surface area contributed by atoms with Gasteiger partial charge in [0.1, 0.15) is 0 Å². The molecule has 0 heterocycles.